The summed E-state index contributed by atoms with van der Waals surface area (Å²) in [6.07, 6.45) is 2.09. The molecule has 3 aromatic rings. The minimum atomic E-state index is -0.530. The van der Waals surface area contributed by atoms with Gasteiger partial charge in [0, 0.05) is 6.42 Å². The van der Waals surface area contributed by atoms with Crippen LogP contribution in [0.25, 0.3) is 0 Å². The van der Waals surface area contributed by atoms with Gasteiger partial charge in [-0.25, -0.2) is 9.80 Å². The van der Waals surface area contributed by atoms with Crippen LogP contribution in [0.5, 0.6) is 0 Å². The van der Waals surface area contributed by atoms with Crippen LogP contribution in [0.2, 0.25) is 0 Å². The largest absolute Gasteiger partial charge is 0.467 e. The fourth-order valence-electron chi connectivity index (χ4n) is 3.44. The maximum absolute atomic E-state index is 12.9. The molecule has 0 saturated heterocycles. The van der Waals surface area contributed by atoms with Crippen molar-refractivity contribution in [2.24, 2.45) is 5.10 Å². The summed E-state index contributed by atoms with van der Waals surface area (Å²) in [5.74, 6) is -0.294. The van der Waals surface area contributed by atoms with E-state index >= 15 is 0 Å². The number of nitrogens with zero attached hydrogens (tertiary/aromatic N) is 2. The number of carbonyl (C=O) groups excluding carboxylic acids is 2. The Morgan fingerprint density at radius 3 is 2.53 bits per heavy atom. The molecule has 0 spiro atoms. The molecule has 1 aliphatic rings. The second-order valence-corrected chi connectivity index (χ2v) is 7.28. The predicted octanol–water partition coefficient (Wildman–Crippen LogP) is 4.43. The molecule has 30 heavy (non-hydrogen) atoms. The smallest absolute Gasteiger partial charge is 0.338 e. The Balaban J connectivity index is 1.52. The highest BCUT2D eigenvalue weighted by molar-refractivity contribution is 6.03. The first-order valence-electron chi connectivity index (χ1n) is 9.75. The third-order valence-corrected chi connectivity index (χ3v) is 5.11. The van der Waals surface area contributed by atoms with E-state index < -0.39 is 18.5 Å². The summed E-state index contributed by atoms with van der Waals surface area (Å²) in [7, 11) is 0. The van der Waals surface area contributed by atoms with Crippen LogP contribution in [0.15, 0.2) is 76.4 Å². The van der Waals surface area contributed by atoms with Gasteiger partial charge in [-0.1, -0.05) is 48.0 Å². The van der Waals surface area contributed by atoms with Gasteiger partial charge < -0.3 is 9.15 Å². The number of rotatable bonds is 5. The Hall–Kier alpha value is -3.67. The highest BCUT2D eigenvalue weighted by Gasteiger charge is 2.35. The van der Waals surface area contributed by atoms with Gasteiger partial charge >= 0.3 is 5.97 Å². The molecule has 0 bridgehead atoms. The summed E-state index contributed by atoms with van der Waals surface area (Å²) >= 11 is 0. The zero-order valence-electron chi connectivity index (χ0n) is 16.9. The van der Waals surface area contributed by atoms with Gasteiger partial charge in [0.05, 0.1) is 17.5 Å². The quantitative estimate of drug-likeness (QED) is 0.592. The second-order valence-electron chi connectivity index (χ2n) is 7.28. The molecule has 0 radical (unpaired) electrons. The number of furan rings is 1. The standard InChI is InChI=1S/C24H22N2O4/c1-16-9-11-18(12-10-16)20-14-21(22-8-5-13-29-22)26(25-20)23(27)15-30-24(28)19-7-4-3-6-17(19)2/h3-13,21H,14-15H2,1-2H3/t21-/m0/s1. The van der Waals surface area contributed by atoms with Crippen molar-refractivity contribution in [2.75, 3.05) is 6.61 Å². The maximum Gasteiger partial charge on any atom is 0.338 e. The first kappa shape index (κ1) is 19.6. The van der Waals surface area contributed by atoms with E-state index in [1.807, 2.05) is 56.3 Å². The summed E-state index contributed by atoms with van der Waals surface area (Å²) in [6.45, 7) is 3.45. The first-order valence-corrected chi connectivity index (χ1v) is 9.75. The Kier molecular flexibility index (Phi) is 5.48. The number of aryl methyl sites for hydroxylation is 2. The molecule has 6 nitrogen and oxygen atoms in total. The van der Waals surface area contributed by atoms with E-state index in [-0.39, 0.29) is 6.04 Å². The lowest BCUT2D eigenvalue weighted by atomic mass is 10.0. The van der Waals surface area contributed by atoms with E-state index in [9.17, 15) is 9.59 Å². The molecule has 0 unspecified atom stereocenters. The molecular weight excluding hydrogens is 380 g/mol. The van der Waals surface area contributed by atoms with Gasteiger partial charge in [0.15, 0.2) is 6.61 Å². The molecule has 6 heteroatoms. The Labute approximate surface area is 174 Å². The summed E-state index contributed by atoms with van der Waals surface area (Å²) in [4.78, 5) is 25.3. The minimum Gasteiger partial charge on any atom is -0.467 e. The number of benzene rings is 2. The molecule has 0 aliphatic carbocycles. The number of hydrogen-bond donors (Lipinski definition) is 0. The second kappa shape index (κ2) is 8.37. The summed E-state index contributed by atoms with van der Waals surface area (Å²) in [6, 6.07) is 18.3. The Morgan fingerprint density at radius 2 is 1.83 bits per heavy atom. The molecule has 0 saturated carbocycles. The van der Waals surface area contributed by atoms with Crippen molar-refractivity contribution >= 4 is 17.6 Å². The average molecular weight is 402 g/mol. The summed E-state index contributed by atoms with van der Waals surface area (Å²) in [5.41, 5.74) is 4.12. The molecule has 1 aliphatic heterocycles. The molecule has 0 fully saturated rings. The van der Waals surface area contributed by atoms with Crippen molar-refractivity contribution in [3.05, 3.63) is 94.9 Å². The molecular formula is C24H22N2O4. The van der Waals surface area contributed by atoms with Crippen molar-refractivity contribution in [3.63, 3.8) is 0 Å². The highest BCUT2D eigenvalue weighted by Crippen LogP contribution is 2.33. The zero-order valence-corrected chi connectivity index (χ0v) is 16.9. The minimum absolute atomic E-state index is 0.374. The SMILES string of the molecule is Cc1ccc(C2=NN(C(=O)COC(=O)c3ccccc3C)[C@H](c3ccco3)C2)cc1. The first-order chi connectivity index (χ1) is 14.5. The van der Waals surface area contributed by atoms with Crippen molar-refractivity contribution in [1.29, 1.82) is 0 Å². The number of hydrogen-bond acceptors (Lipinski definition) is 5. The van der Waals surface area contributed by atoms with Crippen LogP contribution in [0.4, 0.5) is 0 Å². The van der Waals surface area contributed by atoms with Crippen molar-refractivity contribution in [1.82, 2.24) is 5.01 Å². The normalized spacial score (nSPS) is 15.7. The van der Waals surface area contributed by atoms with Crippen LogP contribution >= 0.6 is 0 Å². The molecule has 4 rings (SSSR count). The van der Waals surface area contributed by atoms with Gasteiger partial charge in [-0.05, 0) is 43.2 Å². The lowest BCUT2D eigenvalue weighted by Gasteiger charge is -2.19. The van der Waals surface area contributed by atoms with Crippen LogP contribution in [-0.4, -0.2) is 29.2 Å². The van der Waals surface area contributed by atoms with Gasteiger partial charge in [0.2, 0.25) is 0 Å². The highest BCUT2D eigenvalue weighted by atomic mass is 16.5. The third-order valence-electron chi connectivity index (χ3n) is 5.11. The average Bonchev–Trinajstić information content (AvgIpc) is 3.42. The van der Waals surface area contributed by atoms with E-state index in [2.05, 4.69) is 5.10 Å². The monoisotopic (exact) mass is 402 g/mol. The van der Waals surface area contributed by atoms with Crippen LogP contribution in [0.3, 0.4) is 0 Å². The summed E-state index contributed by atoms with van der Waals surface area (Å²) < 4.78 is 10.8. The van der Waals surface area contributed by atoms with E-state index in [1.54, 1.807) is 24.5 Å². The third kappa shape index (κ3) is 4.03. The van der Waals surface area contributed by atoms with Gasteiger partial charge in [-0.2, -0.15) is 5.10 Å². The van der Waals surface area contributed by atoms with Crippen molar-refractivity contribution in [3.8, 4) is 0 Å². The molecule has 0 N–H and O–H groups in total. The molecule has 1 atom stereocenters. The van der Waals surface area contributed by atoms with Gasteiger partial charge in [-0.3, -0.25) is 4.79 Å². The Bertz CT molecular complexity index is 1080. The fourth-order valence-corrected chi connectivity index (χ4v) is 3.44. The summed E-state index contributed by atoms with van der Waals surface area (Å²) in [5, 5.41) is 5.90. The number of amides is 1. The predicted molar refractivity (Wildman–Crippen MR) is 112 cm³/mol. The van der Waals surface area contributed by atoms with Crippen LogP contribution in [-0.2, 0) is 9.53 Å². The van der Waals surface area contributed by atoms with E-state index in [1.165, 1.54) is 5.01 Å². The number of carbonyl (C=O) groups is 2. The van der Waals surface area contributed by atoms with E-state index in [0.29, 0.717) is 17.7 Å². The lowest BCUT2D eigenvalue weighted by molar-refractivity contribution is -0.136. The van der Waals surface area contributed by atoms with Crippen LogP contribution < -0.4 is 0 Å². The molecule has 1 aromatic heterocycles. The number of hydrazone groups is 1. The van der Waals surface area contributed by atoms with Crippen molar-refractivity contribution in [2.45, 2.75) is 26.3 Å². The maximum atomic E-state index is 12.9. The molecule has 152 valence electrons. The van der Waals surface area contributed by atoms with E-state index in [4.69, 9.17) is 9.15 Å². The van der Waals surface area contributed by atoms with E-state index in [0.717, 1.165) is 22.4 Å². The molecule has 2 heterocycles. The van der Waals surface area contributed by atoms with Gasteiger partial charge in [-0.15, -0.1) is 0 Å². The Morgan fingerprint density at radius 1 is 1.07 bits per heavy atom. The van der Waals surface area contributed by atoms with Gasteiger partial charge in [0.1, 0.15) is 11.8 Å². The van der Waals surface area contributed by atoms with Crippen molar-refractivity contribution < 1.29 is 18.7 Å². The topological polar surface area (TPSA) is 72.1 Å². The number of esters is 1. The van der Waals surface area contributed by atoms with Crippen LogP contribution in [0, 0.1) is 13.8 Å². The van der Waals surface area contributed by atoms with Gasteiger partial charge in [0.25, 0.3) is 5.91 Å². The van der Waals surface area contributed by atoms with Crippen LogP contribution in [0.1, 0.15) is 45.3 Å². The zero-order chi connectivity index (χ0) is 21.1. The lowest BCUT2D eigenvalue weighted by Crippen LogP contribution is -2.31. The number of ether oxygens (including phenoxy) is 1. The molecule has 2 aromatic carbocycles. The molecule has 1 amide bonds. The fraction of sp³-hybridized carbons (Fsp3) is 0.208.